The Bertz CT molecular complexity index is 951. The van der Waals surface area contributed by atoms with Crippen LogP contribution in [-0.4, -0.2) is 30.5 Å². The fourth-order valence-corrected chi connectivity index (χ4v) is 2.68. The van der Waals surface area contributed by atoms with Crippen molar-refractivity contribution in [2.75, 3.05) is 0 Å². The molecule has 0 fully saturated rings. The molecule has 0 spiro atoms. The Kier molecular flexibility index (Phi) is 4.35. The van der Waals surface area contributed by atoms with Crippen LogP contribution in [-0.2, 0) is 0 Å². The Balaban J connectivity index is 1.97. The summed E-state index contributed by atoms with van der Waals surface area (Å²) in [6.07, 6.45) is 3.02. The highest BCUT2D eigenvalue weighted by Crippen LogP contribution is 2.22. The lowest BCUT2D eigenvalue weighted by molar-refractivity contribution is 0.0975. The predicted octanol–water partition coefficient (Wildman–Crippen LogP) is 2.47. The molecule has 3 aromatic rings. The van der Waals surface area contributed by atoms with Crippen LogP contribution < -0.4 is 0 Å². The average Bonchev–Trinajstić information content (AvgIpc) is 3.09. The van der Waals surface area contributed by atoms with E-state index in [4.69, 9.17) is 0 Å². The van der Waals surface area contributed by atoms with Crippen LogP contribution in [0.4, 0.5) is 0 Å². The molecule has 0 bridgehead atoms. The van der Waals surface area contributed by atoms with Crippen LogP contribution in [0.3, 0.4) is 0 Å². The van der Waals surface area contributed by atoms with Gasteiger partial charge in [-0.25, -0.2) is 19.6 Å². The normalized spacial score (nSPS) is 11.8. The summed E-state index contributed by atoms with van der Waals surface area (Å²) in [5.41, 5.74) is 3.48. The minimum absolute atomic E-state index is 0.241. The van der Waals surface area contributed by atoms with E-state index in [0.29, 0.717) is 5.56 Å². The zero-order valence-electron chi connectivity index (χ0n) is 14.1. The van der Waals surface area contributed by atoms with Gasteiger partial charge in [-0.2, -0.15) is 10.4 Å². The SMILES string of the molecule is Cc1cc(C)nc(C(C#N)C(=O)c2ccc(-n3cncn3)cc2C)n1. The lowest BCUT2D eigenvalue weighted by atomic mass is 9.94. The third-order valence-electron chi connectivity index (χ3n) is 3.81. The monoisotopic (exact) mass is 332 g/mol. The quantitative estimate of drug-likeness (QED) is 0.681. The predicted molar refractivity (Wildman–Crippen MR) is 90.3 cm³/mol. The third kappa shape index (κ3) is 3.28. The zero-order valence-corrected chi connectivity index (χ0v) is 14.1. The van der Waals surface area contributed by atoms with Crippen LogP contribution >= 0.6 is 0 Å². The van der Waals surface area contributed by atoms with E-state index in [2.05, 4.69) is 20.1 Å². The van der Waals surface area contributed by atoms with Gasteiger partial charge >= 0.3 is 0 Å². The van der Waals surface area contributed by atoms with E-state index < -0.39 is 5.92 Å². The summed E-state index contributed by atoms with van der Waals surface area (Å²) in [5.74, 6) is -1.10. The number of nitriles is 1. The molecule has 3 rings (SSSR count). The highest BCUT2D eigenvalue weighted by Gasteiger charge is 2.26. The number of nitrogens with zero attached hydrogens (tertiary/aromatic N) is 6. The minimum Gasteiger partial charge on any atom is -0.292 e. The van der Waals surface area contributed by atoms with Gasteiger partial charge in [-0.15, -0.1) is 0 Å². The van der Waals surface area contributed by atoms with Crippen molar-refractivity contribution in [3.8, 4) is 11.8 Å². The maximum absolute atomic E-state index is 12.9. The highest BCUT2D eigenvalue weighted by molar-refractivity contribution is 6.03. The van der Waals surface area contributed by atoms with Gasteiger partial charge in [0.15, 0.2) is 17.5 Å². The van der Waals surface area contributed by atoms with E-state index in [-0.39, 0.29) is 11.6 Å². The smallest absolute Gasteiger partial charge is 0.188 e. The van der Waals surface area contributed by atoms with Gasteiger partial charge in [0.2, 0.25) is 0 Å². The van der Waals surface area contributed by atoms with Gasteiger partial charge in [0.25, 0.3) is 0 Å². The van der Waals surface area contributed by atoms with Crippen molar-refractivity contribution in [3.05, 3.63) is 65.3 Å². The maximum atomic E-state index is 12.9. The third-order valence-corrected chi connectivity index (χ3v) is 3.81. The molecule has 1 unspecified atom stereocenters. The molecule has 0 aliphatic carbocycles. The van der Waals surface area contributed by atoms with Crippen molar-refractivity contribution in [2.24, 2.45) is 0 Å². The number of benzene rings is 1. The Morgan fingerprint density at radius 3 is 2.44 bits per heavy atom. The Morgan fingerprint density at radius 1 is 1.16 bits per heavy atom. The summed E-state index contributed by atoms with van der Waals surface area (Å²) in [7, 11) is 0. The molecule has 0 saturated carbocycles. The Hall–Kier alpha value is -3.40. The highest BCUT2D eigenvalue weighted by atomic mass is 16.1. The first-order chi connectivity index (χ1) is 12.0. The van der Waals surface area contributed by atoms with Crippen LogP contribution in [0.1, 0.15) is 39.1 Å². The molecule has 2 aromatic heterocycles. The van der Waals surface area contributed by atoms with E-state index in [1.54, 1.807) is 29.2 Å². The second kappa shape index (κ2) is 6.61. The van der Waals surface area contributed by atoms with Crippen molar-refractivity contribution in [2.45, 2.75) is 26.7 Å². The van der Waals surface area contributed by atoms with Gasteiger partial charge in [0.1, 0.15) is 12.7 Å². The van der Waals surface area contributed by atoms with Gasteiger partial charge in [-0.05, 0) is 50.6 Å². The number of ketones is 1. The molecule has 0 aliphatic rings. The van der Waals surface area contributed by atoms with Crippen LogP contribution in [0.25, 0.3) is 5.69 Å². The molecule has 1 atom stereocenters. The van der Waals surface area contributed by atoms with Gasteiger partial charge in [-0.1, -0.05) is 0 Å². The molecule has 2 heterocycles. The number of aromatic nitrogens is 5. The molecule has 7 heteroatoms. The lowest BCUT2D eigenvalue weighted by Crippen LogP contribution is -2.16. The van der Waals surface area contributed by atoms with Crippen molar-refractivity contribution < 1.29 is 4.79 Å². The minimum atomic E-state index is -1.03. The number of Topliss-reactive ketones (excluding diaryl/α,β-unsaturated/α-hetero) is 1. The molecule has 0 N–H and O–H groups in total. The van der Waals surface area contributed by atoms with E-state index in [1.165, 1.54) is 6.33 Å². The lowest BCUT2D eigenvalue weighted by Gasteiger charge is -2.12. The summed E-state index contributed by atoms with van der Waals surface area (Å²) in [4.78, 5) is 25.3. The zero-order chi connectivity index (χ0) is 18.0. The number of hydrogen-bond acceptors (Lipinski definition) is 6. The van der Waals surface area contributed by atoms with Crippen molar-refractivity contribution in [3.63, 3.8) is 0 Å². The fraction of sp³-hybridized carbons (Fsp3) is 0.222. The number of rotatable bonds is 4. The number of carbonyl (C=O) groups excluding carboxylic acids is 1. The standard InChI is InChI=1S/C18H16N6O/c1-11-6-14(24-10-20-9-21-24)4-5-15(11)17(25)16(8-19)18-22-12(2)7-13(3)23-18/h4-7,9-10,16H,1-3H3. The molecule has 0 saturated heterocycles. The van der Waals surface area contributed by atoms with Gasteiger partial charge in [0.05, 0.1) is 11.8 Å². The van der Waals surface area contributed by atoms with E-state index >= 15 is 0 Å². The molecule has 7 nitrogen and oxygen atoms in total. The average molecular weight is 332 g/mol. The summed E-state index contributed by atoms with van der Waals surface area (Å²) in [5, 5.41) is 13.6. The summed E-state index contributed by atoms with van der Waals surface area (Å²) < 4.78 is 1.61. The van der Waals surface area contributed by atoms with Crippen LogP contribution in [0, 0.1) is 32.1 Å². The second-order valence-electron chi connectivity index (χ2n) is 5.77. The van der Waals surface area contributed by atoms with Gasteiger partial charge in [-0.3, -0.25) is 4.79 Å². The van der Waals surface area contributed by atoms with E-state index in [0.717, 1.165) is 22.6 Å². The molecular formula is C18H16N6O. The molecule has 124 valence electrons. The molecule has 0 radical (unpaired) electrons. The second-order valence-corrected chi connectivity index (χ2v) is 5.77. The van der Waals surface area contributed by atoms with E-state index in [9.17, 15) is 10.1 Å². The van der Waals surface area contributed by atoms with Crippen molar-refractivity contribution in [1.29, 1.82) is 5.26 Å². The van der Waals surface area contributed by atoms with Gasteiger partial charge < -0.3 is 0 Å². The molecule has 25 heavy (non-hydrogen) atoms. The van der Waals surface area contributed by atoms with E-state index in [1.807, 2.05) is 32.9 Å². The van der Waals surface area contributed by atoms with Crippen LogP contribution in [0.2, 0.25) is 0 Å². The molecule has 1 aromatic carbocycles. The molecule has 0 amide bonds. The summed E-state index contributed by atoms with van der Waals surface area (Å²) in [6, 6.07) is 9.14. The number of aryl methyl sites for hydroxylation is 3. The van der Waals surface area contributed by atoms with Gasteiger partial charge in [0, 0.05) is 17.0 Å². The summed E-state index contributed by atoms with van der Waals surface area (Å²) in [6.45, 7) is 5.45. The Morgan fingerprint density at radius 2 is 1.88 bits per heavy atom. The molecule has 0 aliphatic heterocycles. The topological polar surface area (TPSA) is 97.3 Å². The first-order valence-corrected chi connectivity index (χ1v) is 7.71. The Labute approximate surface area is 145 Å². The number of hydrogen-bond donors (Lipinski definition) is 0. The first kappa shape index (κ1) is 16.5. The van der Waals surface area contributed by atoms with Crippen LogP contribution in [0.15, 0.2) is 36.9 Å². The molecular weight excluding hydrogens is 316 g/mol. The fourth-order valence-electron chi connectivity index (χ4n) is 2.68. The van der Waals surface area contributed by atoms with Crippen LogP contribution in [0.5, 0.6) is 0 Å². The van der Waals surface area contributed by atoms with Crippen molar-refractivity contribution >= 4 is 5.78 Å². The largest absolute Gasteiger partial charge is 0.292 e. The van der Waals surface area contributed by atoms with Crippen molar-refractivity contribution in [1.82, 2.24) is 24.7 Å². The maximum Gasteiger partial charge on any atom is 0.188 e. The summed E-state index contributed by atoms with van der Waals surface area (Å²) >= 11 is 0. The first-order valence-electron chi connectivity index (χ1n) is 7.71. The number of carbonyl (C=O) groups is 1.